The van der Waals surface area contributed by atoms with Crippen molar-refractivity contribution in [3.63, 3.8) is 0 Å². The third-order valence-corrected chi connectivity index (χ3v) is 4.86. The number of nitrogens with one attached hydrogen (secondary N) is 1. The van der Waals surface area contributed by atoms with Crippen molar-refractivity contribution in [3.8, 4) is 5.75 Å². The van der Waals surface area contributed by atoms with Crippen LogP contribution >= 0.6 is 0 Å². The molecule has 0 radical (unpaired) electrons. The zero-order valence-corrected chi connectivity index (χ0v) is 16.5. The highest BCUT2D eigenvalue weighted by Gasteiger charge is 2.44. The second kappa shape index (κ2) is 9.96. The van der Waals surface area contributed by atoms with Gasteiger partial charge in [0, 0.05) is 12.1 Å². The number of nitrogens with zero attached hydrogens (tertiary/aromatic N) is 1. The number of ether oxygens (including phenoxy) is 2. The summed E-state index contributed by atoms with van der Waals surface area (Å²) in [6.45, 7) is 1.35. The van der Waals surface area contributed by atoms with Crippen LogP contribution in [0.25, 0.3) is 0 Å². The fraction of sp³-hybridized carbons (Fsp3) is 0.429. The number of aliphatic hydroxyl groups excluding tert-OH is 4. The van der Waals surface area contributed by atoms with Crippen molar-refractivity contribution in [2.75, 3.05) is 11.9 Å². The van der Waals surface area contributed by atoms with Gasteiger partial charge in [-0.05, 0) is 43.2 Å². The van der Waals surface area contributed by atoms with E-state index in [1.807, 2.05) is 13.0 Å². The van der Waals surface area contributed by atoms with Gasteiger partial charge in [-0.15, -0.1) is 0 Å². The smallest absolute Gasteiger partial charge is 0.229 e. The molecule has 0 bridgehead atoms. The number of aliphatic hydroxyl groups is 4. The molecule has 1 aliphatic heterocycles. The third-order valence-electron chi connectivity index (χ3n) is 4.86. The lowest BCUT2D eigenvalue weighted by atomic mass is 9.99. The van der Waals surface area contributed by atoms with Gasteiger partial charge in [0.15, 0.2) is 0 Å². The molecular weight excluding hydrogens is 392 g/mol. The Hall–Kier alpha value is -2.56. The highest BCUT2D eigenvalue weighted by atomic mass is 16.7. The van der Waals surface area contributed by atoms with Gasteiger partial charge in [0.25, 0.3) is 0 Å². The fourth-order valence-electron chi connectivity index (χ4n) is 3.06. The van der Waals surface area contributed by atoms with Gasteiger partial charge in [-0.3, -0.25) is 9.78 Å². The molecule has 30 heavy (non-hydrogen) atoms. The number of amides is 1. The standard InChI is InChI=1S/C21H26N2O7/c1-12-2-6-14(10-22-12)23-17(25)9-5-13-3-7-15(8-4-13)29-21-20(28)19(27)18(26)16(11-24)30-21/h2-4,6-8,10,16,18-21,24,26-28H,5,9,11H2,1H3,(H,23,25). The molecule has 9 heteroatoms. The summed E-state index contributed by atoms with van der Waals surface area (Å²) in [4.78, 5) is 16.2. The maximum atomic E-state index is 12.1. The fourth-order valence-corrected chi connectivity index (χ4v) is 3.06. The summed E-state index contributed by atoms with van der Waals surface area (Å²) in [6.07, 6.45) is -4.25. The van der Waals surface area contributed by atoms with E-state index in [0.717, 1.165) is 11.3 Å². The Morgan fingerprint density at radius 2 is 1.83 bits per heavy atom. The first-order valence-electron chi connectivity index (χ1n) is 9.66. The number of carbonyl (C=O) groups excluding carboxylic acids is 1. The van der Waals surface area contributed by atoms with Crippen LogP contribution in [0, 0.1) is 6.92 Å². The Bertz CT molecular complexity index is 826. The first kappa shape index (κ1) is 22.1. The summed E-state index contributed by atoms with van der Waals surface area (Å²) >= 11 is 0. The zero-order valence-electron chi connectivity index (χ0n) is 16.5. The Kier molecular flexibility index (Phi) is 7.35. The molecule has 3 rings (SSSR count). The molecule has 5 unspecified atom stereocenters. The van der Waals surface area contributed by atoms with Crippen molar-refractivity contribution in [1.29, 1.82) is 0 Å². The van der Waals surface area contributed by atoms with Crippen molar-refractivity contribution in [2.45, 2.75) is 50.5 Å². The molecule has 0 spiro atoms. The van der Waals surface area contributed by atoms with Gasteiger partial charge in [-0.2, -0.15) is 0 Å². The maximum Gasteiger partial charge on any atom is 0.229 e. The van der Waals surface area contributed by atoms with E-state index in [2.05, 4.69) is 10.3 Å². The van der Waals surface area contributed by atoms with E-state index in [9.17, 15) is 25.2 Å². The van der Waals surface area contributed by atoms with Crippen molar-refractivity contribution >= 4 is 11.6 Å². The average Bonchev–Trinajstić information content (AvgIpc) is 2.75. The molecule has 1 aliphatic rings. The molecule has 1 amide bonds. The predicted molar refractivity (Wildman–Crippen MR) is 107 cm³/mol. The van der Waals surface area contributed by atoms with Crippen LogP contribution in [0.3, 0.4) is 0 Å². The SMILES string of the molecule is Cc1ccc(NC(=O)CCc2ccc(OC3OC(CO)C(O)C(O)C3O)cc2)cn1. The lowest BCUT2D eigenvalue weighted by Crippen LogP contribution is -2.60. The molecule has 1 aromatic carbocycles. The van der Waals surface area contributed by atoms with Crippen LogP contribution in [0.2, 0.25) is 0 Å². The summed E-state index contributed by atoms with van der Waals surface area (Å²) in [7, 11) is 0. The Morgan fingerprint density at radius 3 is 2.47 bits per heavy atom. The molecular formula is C21H26N2O7. The molecule has 9 nitrogen and oxygen atoms in total. The van der Waals surface area contributed by atoms with Crippen LogP contribution in [0.1, 0.15) is 17.7 Å². The van der Waals surface area contributed by atoms with E-state index in [0.29, 0.717) is 24.3 Å². The van der Waals surface area contributed by atoms with Gasteiger partial charge in [-0.1, -0.05) is 12.1 Å². The van der Waals surface area contributed by atoms with Gasteiger partial charge >= 0.3 is 0 Å². The van der Waals surface area contributed by atoms with E-state index in [4.69, 9.17) is 9.47 Å². The van der Waals surface area contributed by atoms with Crippen LogP contribution in [0.4, 0.5) is 5.69 Å². The van der Waals surface area contributed by atoms with Crippen molar-refractivity contribution in [2.24, 2.45) is 0 Å². The van der Waals surface area contributed by atoms with Gasteiger partial charge in [0.2, 0.25) is 12.2 Å². The maximum absolute atomic E-state index is 12.1. The van der Waals surface area contributed by atoms with Gasteiger partial charge < -0.3 is 35.2 Å². The van der Waals surface area contributed by atoms with Crippen molar-refractivity contribution in [1.82, 2.24) is 4.98 Å². The average molecular weight is 418 g/mol. The van der Waals surface area contributed by atoms with Crippen LogP contribution in [0.15, 0.2) is 42.6 Å². The van der Waals surface area contributed by atoms with E-state index in [1.54, 1.807) is 36.5 Å². The van der Waals surface area contributed by atoms with Crippen LogP contribution < -0.4 is 10.1 Å². The number of hydrogen-bond donors (Lipinski definition) is 5. The quantitative estimate of drug-likeness (QED) is 0.428. The number of hydrogen-bond acceptors (Lipinski definition) is 8. The van der Waals surface area contributed by atoms with Gasteiger partial charge in [0.1, 0.15) is 30.2 Å². The Balaban J connectivity index is 1.51. The number of pyridine rings is 1. The minimum atomic E-state index is -1.50. The molecule has 0 aliphatic carbocycles. The monoisotopic (exact) mass is 418 g/mol. The first-order chi connectivity index (χ1) is 14.4. The largest absolute Gasteiger partial charge is 0.462 e. The van der Waals surface area contributed by atoms with Gasteiger partial charge in [0.05, 0.1) is 18.5 Å². The van der Waals surface area contributed by atoms with Crippen LogP contribution in [0.5, 0.6) is 5.75 Å². The minimum Gasteiger partial charge on any atom is -0.462 e. The zero-order chi connectivity index (χ0) is 21.7. The predicted octanol–water partition coefficient (Wildman–Crippen LogP) is 0.140. The molecule has 2 heterocycles. The Labute approximate surface area is 173 Å². The second-order valence-corrected chi connectivity index (χ2v) is 7.20. The minimum absolute atomic E-state index is 0.123. The molecule has 162 valence electrons. The number of aromatic nitrogens is 1. The van der Waals surface area contributed by atoms with Crippen LogP contribution in [-0.2, 0) is 16.0 Å². The normalized spacial score (nSPS) is 26.2. The third kappa shape index (κ3) is 5.53. The topological polar surface area (TPSA) is 141 Å². The second-order valence-electron chi connectivity index (χ2n) is 7.20. The summed E-state index contributed by atoms with van der Waals surface area (Å²) in [5.74, 6) is 0.251. The molecule has 1 aromatic heterocycles. The molecule has 1 saturated heterocycles. The summed E-state index contributed by atoms with van der Waals surface area (Å²) < 4.78 is 10.9. The number of aryl methyl sites for hydroxylation is 2. The molecule has 5 N–H and O–H groups in total. The first-order valence-corrected chi connectivity index (χ1v) is 9.66. The lowest BCUT2D eigenvalue weighted by Gasteiger charge is -2.39. The number of carbonyl (C=O) groups is 1. The molecule has 0 saturated carbocycles. The van der Waals surface area contributed by atoms with Gasteiger partial charge in [-0.25, -0.2) is 0 Å². The highest BCUT2D eigenvalue weighted by Crippen LogP contribution is 2.24. The summed E-state index contributed by atoms with van der Waals surface area (Å²) in [6, 6.07) is 10.5. The van der Waals surface area contributed by atoms with E-state index < -0.39 is 37.3 Å². The highest BCUT2D eigenvalue weighted by molar-refractivity contribution is 5.90. The summed E-state index contributed by atoms with van der Waals surface area (Å²) in [5.41, 5.74) is 2.43. The Morgan fingerprint density at radius 1 is 1.10 bits per heavy atom. The van der Waals surface area contributed by atoms with Crippen molar-refractivity contribution < 1.29 is 34.7 Å². The number of rotatable bonds is 7. The number of benzene rings is 1. The summed E-state index contributed by atoms with van der Waals surface area (Å²) in [5, 5.41) is 41.7. The van der Waals surface area contributed by atoms with Crippen LogP contribution in [-0.4, -0.2) is 68.6 Å². The number of anilines is 1. The lowest BCUT2D eigenvalue weighted by molar-refractivity contribution is -0.277. The van der Waals surface area contributed by atoms with E-state index >= 15 is 0 Å². The van der Waals surface area contributed by atoms with E-state index in [1.165, 1.54) is 0 Å². The van der Waals surface area contributed by atoms with E-state index in [-0.39, 0.29) is 5.91 Å². The molecule has 1 fully saturated rings. The molecule has 2 aromatic rings. The molecule has 5 atom stereocenters. The van der Waals surface area contributed by atoms with Crippen molar-refractivity contribution in [3.05, 3.63) is 53.9 Å².